The van der Waals surface area contributed by atoms with E-state index in [0.29, 0.717) is 0 Å². The molecule has 1 saturated heterocycles. The van der Waals surface area contributed by atoms with Gasteiger partial charge in [0.2, 0.25) is 0 Å². The van der Waals surface area contributed by atoms with Crippen LogP contribution in [0, 0.1) is 0 Å². The maximum absolute atomic E-state index is 4.51. The lowest BCUT2D eigenvalue weighted by molar-refractivity contribution is 0.399. The fourth-order valence-electron chi connectivity index (χ4n) is 1.72. The summed E-state index contributed by atoms with van der Waals surface area (Å²) in [5, 5.41) is 3.38. The van der Waals surface area contributed by atoms with Crippen LogP contribution in [0.2, 0.25) is 0 Å². The molecule has 0 amide bonds. The number of amidine groups is 1. The number of nitrogens with one attached hydrogen (secondary N) is 1. The normalized spacial score (nSPS) is 25.5. The zero-order valence-electron chi connectivity index (χ0n) is 6.84. The van der Waals surface area contributed by atoms with Crippen molar-refractivity contribution in [2.45, 2.75) is 12.8 Å². The van der Waals surface area contributed by atoms with E-state index in [2.05, 4.69) is 15.2 Å². The maximum atomic E-state index is 4.51. The van der Waals surface area contributed by atoms with Gasteiger partial charge in [-0.2, -0.15) is 0 Å². The van der Waals surface area contributed by atoms with Gasteiger partial charge in [-0.05, 0) is 6.42 Å². The molecule has 3 heteroatoms. The number of hydrogen-bond donors (Lipinski definition) is 1. The average molecular weight is 153 g/mol. The Bertz CT molecular complexity index is 165. The van der Waals surface area contributed by atoms with Crippen molar-refractivity contribution in [2.24, 2.45) is 4.99 Å². The lowest BCUT2D eigenvalue weighted by Crippen LogP contribution is -2.36. The Morgan fingerprint density at radius 3 is 3.27 bits per heavy atom. The summed E-state index contributed by atoms with van der Waals surface area (Å²) >= 11 is 0. The van der Waals surface area contributed by atoms with Gasteiger partial charge in [0.05, 0.1) is 0 Å². The molecule has 3 nitrogen and oxygen atoms in total. The Morgan fingerprint density at radius 2 is 2.27 bits per heavy atom. The fraction of sp³-hybridized carbons (Fsp3) is 0.875. The second kappa shape index (κ2) is 3.22. The predicted octanol–water partition coefficient (Wildman–Crippen LogP) is 0.0839. The van der Waals surface area contributed by atoms with Crippen LogP contribution in [0.5, 0.6) is 0 Å². The van der Waals surface area contributed by atoms with Gasteiger partial charge in [-0.15, -0.1) is 0 Å². The highest BCUT2D eigenvalue weighted by Crippen LogP contribution is 2.06. The first kappa shape index (κ1) is 7.10. The van der Waals surface area contributed by atoms with Crippen molar-refractivity contribution in [1.82, 2.24) is 10.2 Å². The third kappa shape index (κ3) is 1.53. The van der Waals surface area contributed by atoms with E-state index in [1.165, 1.54) is 18.8 Å². The molecule has 1 N–H and O–H groups in total. The van der Waals surface area contributed by atoms with Crippen LogP contribution in [0.25, 0.3) is 0 Å². The van der Waals surface area contributed by atoms with Gasteiger partial charge in [0, 0.05) is 39.1 Å². The van der Waals surface area contributed by atoms with Gasteiger partial charge in [0.15, 0.2) is 0 Å². The van der Waals surface area contributed by atoms with Crippen molar-refractivity contribution in [3.05, 3.63) is 0 Å². The van der Waals surface area contributed by atoms with Gasteiger partial charge < -0.3 is 10.2 Å². The smallest absolute Gasteiger partial charge is 0.100 e. The van der Waals surface area contributed by atoms with E-state index in [-0.39, 0.29) is 0 Å². The minimum atomic E-state index is 1.05. The Hall–Kier alpha value is -0.570. The highest BCUT2D eigenvalue weighted by atomic mass is 15.2. The largest absolute Gasteiger partial charge is 0.359 e. The highest BCUT2D eigenvalue weighted by Gasteiger charge is 2.16. The molecule has 0 radical (unpaired) electrons. The van der Waals surface area contributed by atoms with Crippen LogP contribution in [0.1, 0.15) is 12.8 Å². The first-order valence-corrected chi connectivity index (χ1v) is 4.46. The van der Waals surface area contributed by atoms with Crippen LogP contribution < -0.4 is 5.32 Å². The molecule has 0 aromatic heterocycles. The van der Waals surface area contributed by atoms with E-state index in [9.17, 15) is 0 Å². The molecular weight excluding hydrogens is 138 g/mol. The van der Waals surface area contributed by atoms with E-state index >= 15 is 0 Å². The molecule has 2 aliphatic rings. The Kier molecular flexibility index (Phi) is 2.08. The summed E-state index contributed by atoms with van der Waals surface area (Å²) in [6.45, 7) is 5.65. The van der Waals surface area contributed by atoms with Gasteiger partial charge in [-0.1, -0.05) is 0 Å². The number of fused-ring (bicyclic) bond motifs is 1. The number of hydrogen-bond acceptors (Lipinski definition) is 3. The van der Waals surface area contributed by atoms with Crippen molar-refractivity contribution >= 4 is 5.84 Å². The van der Waals surface area contributed by atoms with E-state index < -0.39 is 0 Å². The number of nitrogens with zero attached hydrogens (tertiary/aromatic N) is 2. The van der Waals surface area contributed by atoms with Gasteiger partial charge in [-0.3, -0.25) is 4.99 Å². The van der Waals surface area contributed by atoms with Crippen molar-refractivity contribution in [3.63, 3.8) is 0 Å². The maximum Gasteiger partial charge on any atom is 0.100 e. The zero-order chi connectivity index (χ0) is 7.52. The molecule has 0 bridgehead atoms. The van der Waals surface area contributed by atoms with Crippen LogP contribution in [-0.2, 0) is 0 Å². The van der Waals surface area contributed by atoms with E-state index in [1.807, 2.05) is 0 Å². The monoisotopic (exact) mass is 153 g/mol. The Labute approximate surface area is 67.5 Å². The minimum Gasteiger partial charge on any atom is -0.359 e. The molecule has 0 spiro atoms. The molecule has 0 aromatic rings. The topological polar surface area (TPSA) is 27.6 Å². The lowest BCUT2D eigenvalue weighted by Gasteiger charge is -2.26. The molecular formula is C8H15N3. The van der Waals surface area contributed by atoms with Gasteiger partial charge in [-0.25, -0.2) is 0 Å². The van der Waals surface area contributed by atoms with Crippen molar-refractivity contribution < 1.29 is 0 Å². The summed E-state index contributed by atoms with van der Waals surface area (Å²) < 4.78 is 0. The molecule has 2 rings (SSSR count). The SMILES string of the molecule is C1CN=C2CCNCCN2C1. The number of aliphatic imine (C=N–C) groups is 1. The van der Waals surface area contributed by atoms with Crippen LogP contribution >= 0.6 is 0 Å². The molecule has 11 heavy (non-hydrogen) atoms. The summed E-state index contributed by atoms with van der Waals surface area (Å²) in [6, 6.07) is 0. The molecule has 2 aliphatic heterocycles. The van der Waals surface area contributed by atoms with E-state index in [0.717, 1.165) is 32.6 Å². The molecule has 0 aromatic carbocycles. The van der Waals surface area contributed by atoms with Gasteiger partial charge in [0.25, 0.3) is 0 Å². The second-order valence-electron chi connectivity index (χ2n) is 3.14. The molecule has 0 atom stereocenters. The second-order valence-corrected chi connectivity index (χ2v) is 3.14. The third-order valence-electron chi connectivity index (χ3n) is 2.33. The van der Waals surface area contributed by atoms with Crippen LogP contribution in [0.3, 0.4) is 0 Å². The van der Waals surface area contributed by atoms with Crippen LogP contribution in [0.15, 0.2) is 4.99 Å². The quantitative estimate of drug-likeness (QED) is 0.534. The van der Waals surface area contributed by atoms with Crippen molar-refractivity contribution in [1.29, 1.82) is 0 Å². The summed E-state index contributed by atoms with van der Waals surface area (Å²) in [5.41, 5.74) is 0. The van der Waals surface area contributed by atoms with Crippen molar-refractivity contribution in [2.75, 3.05) is 32.7 Å². The summed E-state index contributed by atoms with van der Waals surface area (Å²) in [7, 11) is 0. The number of rotatable bonds is 0. The first-order valence-electron chi connectivity index (χ1n) is 4.46. The van der Waals surface area contributed by atoms with E-state index in [1.54, 1.807) is 0 Å². The van der Waals surface area contributed by atoms with Crippen LogP contribution in [0.4, 0.5) is 0 Å². The van der Waals surface area contributed by atoms with Crippen molar-refractivity contribution in [3.8, 4) is 0 Å². The van der Waals surface area contributed by atoms with Crippen LogP contribution in [-0.4, -0.2) is 43.5 Å². The molecule has 2 heterocycles. The zero-order valence-corrected chi connectivity index (χ0v) is 6.84. The Balaban J connectivity index is 2.07. The fourth-order valence-corrected chi connectivity index (χ4v) is 1.72. The molecule has 1 fully saturated rings. The molecule has 0 aliphatic carbocycles. The molecule has 62 valence electrons. The Morgan fingerprint density at radius 1 is 1.27 bits per heavy atom. The first-order chi connectivity index (χ1) is 5.47. The summed E-state index contributed by atoms with van der Waals surface area (Å²) in [6.07, 6.45) is 2.36. The van der Waals surface area contributed by atoms with Gasteiger partial charge in [0.1, 0.15) is 5.84 Å². The molecule has 0 unspecified atom stereocenters. The van der Waals surface area contributed by atoms with Gasteiger partial charge >= 0.3 is 0 Å². The summed E-state index contributed by atoms with van der Waals surface area (Å²) in [4.78, 5) is 6.93. The third-order valence-corrected chi connectivity index (χ3v) is 2.33. The van der Waals surface area contributed by atoms with E-state index in [4.69, 9.17) is 0 Å². The standard InChI is InChI=1S/C8H15N3/c1-3-10-8-2-4-9-5-7-11(8)6-1/h9H,1-7H2. The summed E-state index contributed by atoms with van der Waals surface area (Å²) in [5.74, 6) is 1.33. The predicted molar refractivity (Wildman–Crippen MR) is 46.0 cm³/mol. The minimum absolute atomic E-state index is 1.05. The molecule has 0 saturated carbocycles. The highest BCUT2D eigenvalue weighted by molar-refractivity contribution is 5.83. The average Bonchev–Trinajstić information content (AvgIpc) is 2.28. The lowest BCUT2D eigenvalue weighted by atomic mass is 10.2.